The fourth-order valence-corrected chi connectivity index (χ4v) is 2.06. The maximum absolute atomic E-state index is 5.14. The van der Waals surface area contributed by atoms with Crippen molar-refractivity contribution < 1.29 is 9.47 Å². The summed E-state index contributed by atoms with van der Waals surface area (Å²) in [6, 6.07) is 4.07. The maximum Gasteiger partial charge on any atom is 0.173 e. The Morgan fingerprint density at radius 3 is 2.60 bits per heavy atom. The van der Waals surface area contributed by atoms with Gasteiger partial charge in [-0.15, -0.1) is 11.3 Å². The van der Waals surface area contributed by atoms with Gasteiger partial charge in [0.05, 0.1) is 13.7 Å². The van der Waals surface area contributed by atoms with Gasteiger partial charge in [-0.3, -0.25) is 0 Å². The second-order valence-electron chi connectivity index (χ2n) is 4.10. The molecule has 1 aromatic heterocycles. The molecule has 0 aliphatic carbocycles. The zero-order valence-electron chi connectivity index (χ0n) is 9.79. The van der Waals surface area contributed by atoms with Gasteiger partial charge in [0.15, 0.2) is 5.06 Å². The zero-order chi connectivity index (χ0) is 11.3. The summed E-state index contributed by atoms with van der Waals surface area (Å²) in [6.07, 6.45) is 0. The van der Waals surface area contributed by atoms with Gasteiger partial charge in [-0.05, 0) is 26.0 Å². The van der Waals surface area contributed by atoms with Gasteiger partial charge in [-0.25, -0.2) is 0 Å². The van der Waals surface area contributed by atoms with Crippen molar-refractivity contribution in [2.45, 2.75) is 25.9 Å². The number of ether oxygens (including phenoxy) is 2. The van der Waals surface area contributed by atoms with Gasteiger partial charge >= 0.3 is 0 Å². The van der Waals surface area contributed by atoms with E-state index in [-0.39, 0.29) is 5.54 Å². The van der Waals surface area contributed by atoms with Gasteiger partial charge in [0, 0.05) is 24.1 Å². The molecular formula is C11H19NO2S. The van der Waals surface area contributed by atoms with Crippen molar-refractivity contribution in [3.8, 4) is 5.06 Å². The quantitative estimate of drug-likeness (QED) is 0.811. The van der Waals surface area contributed by atoms with Crippen LogP contribution in [0.3, 0.4) is 0 Å². The first-order chi connectivity index (χ1) is 7.07. The van der Waals surface area contributed by atoms with E-state index in [2.05, 4.69) is 25.2 Å². The lowest BCUT2D eigenvalue weighted by molar-refractivity contribution is 0.128. The molecule has 0 atom stereocenters. The minimum atomic E-state index is 0.00593. The minimum Gasteiger partial charge on any atom is -0.487 e. The van der Waals surface area contributed by atoms with Crippen molar-refractivity contribution in [2.24, 2.45) is 0 Å². The van der Waals surface area contributed by atoms with Gasteiger partial charge in [0.2, 0.25) is 0 Å². The summed E-state index contributed by atoms with van der Waals surface area (Å²) in [5.74, 6) is 0. The van der Waals surface area contributed by atoms with E-state index >= 15 is 0 Å². The topological polar surface area (TPSA) is 30.5 Å². The van der Waals surface area contributed by atoms with E-state index in [0.717, 1.165) is 11.6 Å². The molecule has 0 aromatic carbocycles. The van der Waals surface area contributed by atoms with E-state index in [4.69, 9.17) is 9.47 Å². The SMILES string of the molecule is COCC(C)(C)NCc1ccc(OC)s1. The molecule has 4 heteroatoms. The van der Waals surface area contributed by atoms with Crippen LogP contribution in [0.15, 0.2) is 12.1 Å². The van der Waals surface area contributed by atoms with Gasteiger partial charge in [0.25, 0.3) is 0 Å². The van der Waals surface area contributed by atoms with Crippen LogP contribution in [0.5, 0.6) is 5.06 Å². The summed E-state index contributed by atoms with van der Waals surface area (Å²) in [4.78, 5) is 1.27. The molecule has 0 saturated heterocycles. The lowest BCUT2D eigenvalue weighted by Crippen LogP contribution is -2.42. The van der Waals surface area contributed by atoms with Gasteiger partial charge in [0.1, 0.15) is 0 Å². The molecule has 0 aliphatic rings. The van der Waals surface area contributed by atoms with Crippen LogP contribution in [-0.2, 0) is 11.3 Å². The van der Waals surface area contributed by atoms with Crippen LogP contribution in [0.25, 0.3) is 0 Å². The van der Waals surface area contributed by atoms with E-state index in [0.29, 0.717) is 6.61 Å². The average Bonchev–Trinajstić information content (AvgIpc) is 2.62. The van der Waals surface area contributed by atoms with Gasteiger partial charge in [-0.2, -0.15) is 0 Å². The highest BCUT2D eigenvalue weighted by Gasteiger charge is 2.16. The summed E-state index contributed by atoms with van der Waals surface area (Å²) in [7, 11) is 3.41. The molecule has 0 saturated carbocycles. The van der Waals surface area contributed by atoms with Crippen LogP contribution in [0.4, 0.5) is 0 Å². The van der Waals surface area contributed by atoms with Gasteiger partial charge < -0.3 is 14.8 Å². The van der Waals surface area contributed by atoms with E-state index in [1.807, 2.05) is 6.07 Å². The summed E-state index contributed by atoms with van der Waals surface area (Å²) in [6.45, 7) is 5.81. The first-order valence-electron chi connectivity index (χ1n) is 4.94. The Bertz CT molecular complexity index is 297. The molecular weight excluding hydrogens is 210 g/mol. The second-order valence-corrected chi connectivity index (χ2v) is 5.23. The molecule has 15 heavy (non-hydrogen) atoms. The predicted octanol–water partition coefficient (Wildman–Crippen LogP) is 2.27. The first-order valence-corrected chi connectivity index (χ1v) is 5.76. The summed E-state index contributed by atoms with van der Waals surface area (Å²) >= 11 is 1.67. The fraction of sp³-hybridized carbons (Fsp3) is 0.636. The smallest absolute Gasteiger partial charge is 0.173 e. The molecule has 1 aromatic rings. The largest absolute Gasteiger partial charge is 0.487 e. The number of methoxy groups -OCH3 is 2. The Labute approximate surface area is 95.4 Å². The van der Waals surface area contributed by atoms with Crippen molar-refractivity contribution in [3.63, 3.8) is 0 Å². The molecule has 0 radical (unpaired) electrons. The molecule has 1 heterocycles. The molecule has 3 nitrogen and oxygen atoms in total. The fourth-order valence-electron chi connectivity index (χ4n) is 1.30. The Morgan fingerprint density at radius 2 is 2.07 bits per heavy atom. The minimum absolute atomic E-state index is 0.00593. The van der Waals surface area contributed by atoms with Crippen LogP contribution < -0.4 is 10.1 Å². The summed E-state index contributed by atoms with van der Waals surface area (Å²) in [5, 5.41) is 4.40. The maximum atomic E-state index is 5.14. The second kappa shape index (κ2) is 5.49. The number of hydrogen-bond donors (Lipinski definition) is 1. The molecule has 1 N–H and O–H groups in total. The van der Waals surface area contributed by atoms with E-state index in [9.17, 15) is 0 Å². The Hall–Kier alpha value is -0.580. The highest BCUT2D eigenvalue weighted by Crippen LogP contribution is 2.24. The monoisotopic (exact) mass is 229 g/mol. The first kappa shape index (κ1) is 12.5. The Kier molecular flexibility index (Phi) is 4.57. The van der Waals surface area contributed by atoms with Crippen LogP contribution in [0, 0.1) is 0 Å². The molecule has 86 valence electrons. The Morgan fingerprint density at radius 1 is 1.33 bits per heavy atom. The molecule has 0 fully saturated rings. The molecule has 0 bridgehead atoms. The highest BCUT2D eigenvalue weighted by molar-refractivity contribution is 7.13. The van der Waals surface area contributed by atoms with E-state index in [1.54, 1.807) is 25.6 Å². The number of thiophene rings is 1. The third-order valence-electron chi connectivity index (χ3n) is 2.08. The third-order valence-corrected chi connectivity index (χ3v) is 3.13. The standard InChI is InChI=1S/C11H19NO2S/c1-11(2,8-13-3)12-7-9-5-6-10(14-4)15-9/h5-6,12H,7-8H2,1-4H3. The number of nitrogens with one attached hydrogen (secondary N) is 1. The lowest BCUT2D eigenvalue weighted by Gasteiger charge is -2.24. The van der Waals surface area contributed by atoms with Crippen LogP contribution in [0.2, 0.25) is 0 Å². The van der Waals surface area contributed by atoms with Crippen LogP contribution in [0.1, 0.15) is 18.7 Å². The number of rotatable bonds is 6. The van der Waals surface area contributed by atoms with Crippen molar-refractivity contribution >= 4 is 11.3 Å². The third kappa shape index (κ3) is 4.20. The van der Waals surface area contributed by atoms with Crippen molar-refractivity contribution in [3.05, 3.63) is 17.0 Å². The molecule has 0 spiro atoms. The van der Waals surface area contributed by atoms with E-state index in [1.165, 1.54) is 4.88 Å². The molecule has 0 unspecified atom stereocenters. The predicted molar refractivity (Wildman–Crippen MR) is 63.7 cm³/mol. The number of hydrogen-bond acceptors (Lipinski definition) is 4. The zero-order valence-corrected chi connectivity index (χ0v) is 10.6. The normalized spacial score (nSPS) is 11.7. The van der Waals surface area contributed by atoms with Crippen LogP contribution >= 0.6 is 11.3 Å². The van der Waals surface area contributed by atoms with Crippen molar-refractivity contribution in [1.29, 1.82) is 0 Å². The Balaban J connectivity index is 2.42. The molecule has 1 rings (SSSR count). The molecule has 0 amide bonds. The summed E-state index contributed by atoms with van der Waals surface area (Å²) < 4.78 is 10.3. The highest BCUT2D eigenvalue weighted by atomic mass is 32.1. The van der Waals surface area contributed by atoms with Crippen molar-refractivity contribution in [1.82, 2.24) is 5.32 Å². The summed E-state index contributed by atoms with van der Waals surface area (Å²) in [5.41, 5.74) is 0.00593. The van der Waals surface area contributed by atoms with E-state index < -0.39 is 0 Å². The van der Waals surface area contributed by atoms with Gasteiger partial charge in [-0.1, -0.05) is 0 Å². The van der Waals surface area contributed by atoms with Crippen molar-refractivity contribution in [2.75, 3.05) is 20.8 Å². The lowest BCUT2D eigenvalue weighted by atomic mass is 10.1. The molecule has 0 aliphatic heterocycles. The average molecular weight is 229 g/mol. The van der Waals surface area contributed by atoms with Crippen LogP contribution in [-0.4, -0.2) is 26.4 Å².